The van der Waals surface area contributed by atoms with Crippen molar-refractivity contribution in [2.45, 2.75) is 15.8 Å². The molecule has 15 nitrogen and oxygen atoms in total. The van der Waals surface area contributed by atoms with Gasteiger partial charge in [0.1, 0.15) is 15.6 Å². The Morgan fingerprint density at radius 2 is 1.83 bits per heavy atom. The van der Waals surface area contributed by atoms with Crippen LogP contribution in [-0.4, -0.2) is 67.1 Å². The molecule has 4 aromatic rings. The Kier molecular flexibility index (Phi) is 6.64. The van der Waals surface area contributed by atoms with Crippen LogP contribution in [0, 0.1) is 0 Å². The maximum atomic E-state index is 13.0. The van der Waals surface area contributed by atoms with E-state index >= 15 is 0 Å². The van der Waals surface area contributed by atoms with Gasteiger partial charge in [-0.15, -0.1) is 10.2 Å². The Morgan fingerprint density at radius 1 is 1.06 bits per heavy atom. The first-order chi connectivity index (χ1) is 16.6. The molecule has 0 aliphatic heterocycles. The average Bonchev–Trinajstić information content (AvgIpc) is 3.50. The Hall–Kier alpha value is -3.32. The summed E-state index contributed by atoms with van der Waals surface area (Å²) in [5.74, 6) is 0.235. The van der Waals surface area contributed by atoms with Crippen LogP contribution in [0.25, 0.3) is 33.5 Å². The summed E-state index contributed by atoms with van der Waals surface area (Å²) in [4.78, 5) is 6.34. The number of aromatic amines is 2. The number of hydrogen-bond acceptors (Lipinski definition) is 11. The van der Waals surface area contributed by atoms with Gasteiger partial charge in [0.05, 0.1) is 22.6 Å². The second kappa shape index (κ2) is 9.38. The van der Waals surface area contributed by atoms with Crippen molar-refractivity contribution in [1.29, 1.82) is 0 Å². The van der Waals surface area contributed by atoms with Gasteiger partial charge in [0.25, 0.3) is 0 Å². The van der Waals surface area contributed by atoms with E-state index in [4.69, 9.17) is 22.3 Å². The fourth-order valence-electron chi connectivity index (χ4n) is 3.60. The van der Waals surface area contributed by atoms with Gasteiger partial charge in [-0.1, -0.05) is 18.2 Å². The minimum Gasteiger partial charge on any atom is -0.341 e. The van der Waals surface area contributed by atoms with Crippen LogP contribution in [0.4, 0.5) is 0 Å². The number of H-pyrrole nitrogens is 2. The van der Waals surface area contributed by atoms with Crippen LogP contribution < -0.4 is 27.1 Å². The molecule has 35 heavy (non-hydrogen) atoms. The zero-order valence-electron chi connectivity index (χ0n) is 18.1. The van der Waals surface area contributed by atoms with Crippen molar-refractivity contribution in [3.05, 3.63) is 36.2 Å². The summed E-state index contributed by atoms with van der Waals surface area (Å²) in [5, 5.41) is 19.0. The number of hydrogen-bond donors (Lipinski definition) is 7. The Morgan fingerprint density at radius 3 is 2.46 bits per heavy atom. The number of nitrogens with zero attached hydrogens (tertiary/aromatic N) is 4. The van der Waals surface area contributed by atoms with Gasteiger partial charge < -0.3 is 22.2 Å². The van der Waals surface area contributed by atoms with Crippen molar-refractivity contribution < 1.29 is 16.8 Å². The van der Waals surface area contributed by atoms with Gasteiger partial charge in [-0.05, 0) is 22.9 Å². The third-order valence-electron chi connectivity index (χ3n) is 5.13. The zero-order chi connectivity index (χ0) is 25.4. The molecule has 0 fully saturated rings. The van der Waals surface area contributed by atoms with Crippen molar-refractivity contribution in [2.75, 3.05) is 19.6 Å². The number of benzene rings is 2. The molecular formula is C18H23N11O4S2. The summed E-state index contributed by atoms with van der Waals surface area (Å²) >= 11 is 0. The molecule has 2 aromatic heterocycles. The molecule has 0 saturated heterocycles. The maximum absolute atomic E-state index is 13.0. The molecule has 4 rings (SSSR count). The van der Waals surface area contributed by atoms with E-state index in [1.165, 1.54) is 6.07 Å². The fraction of sp³-hybridized carbons (Fsp3) is 0.222. The molecule has 1 atom stereocenters. The maximum Gasteiger partial charge on any atom is 0.241 e. The van der Waals surface area contributed by atoms with E-state index in [1.807, 2.05) is 0 Å². The number of sulfonamides is 2. The van der Waals surface area contributed by atoms with Crippen molar-refractivity contribution in [2.24, 2.45) is 22.3 Å². The molecule has 0 amide bonds. The molecule has 0 unspecified atom stereocenters. The van der Waals surface area contributed by atoms with Crippen LogP contribution in [0.5, 0.6) is 0 Å². The highest BCUT2D eigenvalue weighted by atomic mass is 32.2. The minimum atomic E-state index is -4.63. The molecule has 0 spiro atoms. The second-order valence-corrected chi connectivity index (χ2v) is 10.7. The van der Waals surface area contributed by atoms with E-state index in [9.17, 15) is 16.8 Å². The number of nitrogens with two attached hydrogens (primary N) is 4. The first-order valence-electron chi connectivity index (χ1n) is 10.2. The highest BCUT2D eigenvalue weighted by Crippen LogP contribution is 2.40. The van der Waals surface area contributed by atoms with Gasteiger partial charge in [0.15, 0.2) is 0 Å². The zero-order valence-corrected chi connectivity index (χ0v) is 19.8. The van der Waals surface area contributed by atoms with Crippen molar-refractivity contribution >= 4 is 31.1 Å². The number of fused-ring (bicyclic) bond motifs is 1. The van der Waals surface area contributed by atoms with E-state index in [1.54, 1.807) is 18.2 Å². The highest BCUT2D eigenvalue weighted by Gasteiger charge is 2.32. The first-order valence-corrected chi connectivity index (χ1v) is 13.2. The molecule has 17 heteroatoms. The van der Waals surface area contributed by atoms with Crippen LogP contribution in [0.1, 0.15) is 11.9 Å². The lowest BCUT2D eigenvalue weighted by Crippen LogP contribution is -2.31. The van der Waals surface area contributed by atoms with Gasteiger partial charge in [-0.25, -0.2) is 31.7 Å². The predicted molar refractivity (Wildman–Crippen MR) is 126 cm³/mol. The van der Waals surface area contributed by atoms with E-state index in [0.717, 1.165) is 6.07 Å². The SMILES string of the molecule is NCCNS(=O)(=O)c1ccc(-c2cccc3[nH]c([C@H](N)CN)nc23)c(-c2nn[nH]n2)c1S(N)(=O)=O. The lowest BCUT2D eigenvalue weighted by atomic mass is 9.98. The quantitative estimate of drug-likeness (QED) is 0.130. The summed E-state index contributed by atoms with van der Waals surface area (Å²) in [6, 6.07) is 7.13. The van der Waals surface area contributed by atoms with E-state index in [2.05, 4.69) is 35.3 Å². The minimum absolute atomic E-state index is 0.00581. The van der Waals surface area contributed by atoms with Gasteiger partial charge in [-0.2, -0.15) is 5.21 Å². The van der Waals surface area contributed by atoms with Crippen LogP contribution in [0.2, 0.25) is 0 Å². The molecule has 186 valence electrons. The van der Waals surface area contributed by atoms with Crippen molar-refractivity contribution in [3.63, 3.8) is 0 Å². The third kappa shape index (κ3) is 4.65. The van der Waals surface area contributed by atoms with Crippen LogP contribution in [0.15, 0.2) is 40.1 Å². The molecule has 0 aliphatic rings. The fourth-order valence-corrected chi connectivity index (χ4v) is 6.25. The first kappa shape index (κ1) is 24.8. The average molecular weight is 522 g/mol. The molecular weight excluding hydrogens is 498 g/mol. The molecule has 11 N–H and O–H groups in total. The molecule has 0 radical (unpaired) electrons. The summed E-state index contributed by atoms with van der Waals surface area (Å²) in [6.07, 6.45) is 0. The van der Waals surface area contributed by atoms with Gasteiger partial charge in [0, 0.05) is 25.2 Å². The van der Waals surface area contributed by atoms with E-state index in [0.29, 0.717) is 22.4 Å². The molecule has 2 aromatic carbocycles. The number of primary sulfonamides is 1. The number of aromatic nitrogens is 6. The smallest absolute Gasteiger partial charge is 0.241 e. The lowest BCUT2D eigenvalue weighted by Gasteiger charge is -2.16. The lowest BCUT2D eigenvalue weighted by molar-refractivity contribution is 0.574. The third-order valence-corrected chi connectivity index (χ3v) is 7.75. The Bertz CT molecular complexity index is 1580. The summed E-state index contributed by atoms with van der Waals surface area (Å²) < 4.78 is 53.7. The molecule has 2 heterocycles. The standard InChI is InChI=1S/C18H23N11O4S2/c19-6-7-23-35(32,33)13-5-4-9(14(16(13)34(22,30)31)18-26-28-29-27-18)10-2-1-3-12-15(10)25-17(24-12)11(21)8-20/h1-5,11,23H,6-8,19-21H2,(H,24,25)(H2,22,30,31)(H,26,27,28,29)/t11-/m1/s1. The van der Waals surface area contributed by atoms with Crippen LogP contribution in [-0.2, 0) is 20.0 Å². The van der Waals surface area contributed by atoms with Crippen molar-refractivity contribution in [1.82, 2.24) is 35.3 Å². The summed E-state index contributed by atoms with van der Waals surface area (Å²) in [5.41, 5.74) is 18.6. The predicted octanol–water partition coefficient (Wildman–Crippen LogP) is -1.75. The molecule has 0 saturated carbocycles. The Labute approximate surface area is 199 Å². The Balaban J connectivity index is 2.10. The number of rotatable bonds is 9. The highest BCUT2D eigenvalue weighted by molar-refractivity contribution is 7.92. The number of nitrogens with one attached hydrogen (secondary N) is 3. The number of imidazole rings is 1. The summed E-state index contributed by atoms with van der Waals surface area (Å²) in [7, 11) is -8.96. The van der Waals surface area contributed by atoms with Crippen LogP contribution >= 0.6 is 0 Å². The van der Waals surface area contributed by atoms with Crippen molar-refractivity contribution in [3.8, 4) is 22.5 Å². The van der Waals surface area contributed by atoms with Crippen LogP contribution in [0.3, 0.4) is 0 Å². The van der Waals surface area contributed by atoms with E-state index in [-0.39, 0.29) is 36.6 Å². The van der Waals surface area contributed by atoms with Gasteiger partial charge in [-0.3, -0.25) is 0 Å². The summed E-state index contributed by atoms with van der Waals surface area (Å²) in [6.45, 7) is 0.0117. The van der Waals surface area contributed by atoms with Gasteiger partial charge in [0.2, 0.25) is 25.9 Å². The number of tetrazole rings is 1. The largest absolute Gasteiger partial charge is 0.341 e. The normalized spacial score (nSPS) is 13.4. The second-order valence-electron chi connectivity index (χ2n) is 7.45. The molecule has 0 aliphatic carbocycles. The molecule has 0 bridgehead atoms. The monoisotopic (exact) mass is 521 g/mol. The van der Waals surface area contributed by atoms with Gasteiger partial charge >= 0.3 is 0 Å². The van der Waals surface area contributed by atoms with E-state index < -0.39 is 35.9 Å². The topological polar surface area (TPSA) is 268 Å². The number of para-hydroxylation sites is 1.